The van der Waals surface area contributed by atoms with Gasteiger partial charge in [-0.1, -0.05) is 66.4 Å². The van der Waals surface area contributed by atoms with Crippen LogP contribution >= 0.6 is 19.0 Å². The lowest BCUT2D eigenvalue weighted by atomic mass is 10.3. The van der Waals surface area contributed by atoms with Crippen LogP contribution in [0.5, 0.6) is 0 Å². The van der Waals surface area contributed by atoms with Crippen LogP contribution in [-0.4, -0.2) is 23.2 Å². The molecule has 2 nitrogen and oxygen atoms in total. The Balaban J connectivity index is 1.92. The standard InChI is InChI=1S/C22H20NOPS/c24-22-23-18(17-26-22)16-25(19-10-4-1-5-11-19,20-12-6-2-7-13-20)21-14-8-3-9-15-21/h1-15,18H,16-17H2/p+1/t18-/m1/s1. The summed E-state index contributed by atoms with van der Waals surface area (Å²) in [6, 6.07) is 32.6. The normalized spacial score (nSPS) is 17.1. The van der Waals surface area contributed by atoms with E-state index >= 15 is 0 Å². The lowest BCUT2D eigenvalue weighted by Crippen LogP contribution is -2.41. The van der Waals surface area contributed by atoms with Crippen LogP contribution in [0.15, 0.2) is 91.0 Å². The minimum absolute atomic E-state index is 0.0993. The molecule has 130 valence electrons. The Bertz CT molecular complexity index is 774. The van der Waals surface area contributed by atoms with E-state index in [9.17, 15) is 4.79 Å². The van der Waals surface area contributed by atoms with Crippen LogP contribution in [0.2, 0.25) is 0 Å². The highest BCUT2D eigenvalue weighted by molar-refractivity contribution is 8.14. The van der Waals surface area contributed by atoms with Crippen molar-refractivity contribution in [1.82, 2.24) is 5.32 Å². The molecule has 1 atom stereocenters. The zero-order valence-corrected chi connectivity index (χ0v) is 16.1. The number of benzene rings is 3. The number of hydrogen-bond donors (Lipinski definition) is 1. The van der Waals surface area contributed by atoms with Crippen LogP contribution in [0.4, 0.5) is 4.79 Å². The van der Waals surface area contributed by atoms with E-state index in [0.29, 0.717) is 0 Å². The molecule has 1 heterocycles. The Morgan fingerprint density at radius 3 is 1.54 bits per heavy atom. The molecule has 0 radical (unpaired) electrons. The molecule has 1 saturated heterocycles. The van der Waals surface area contributed by atoms with Crippen molar-refractivity contribution >= 4 is 40.2 Å². The Morgan fingerprint density at radius 1 is 0.769 bits per heavy atom. The summed E-state index contributed by atoms with van der Waals surface area (Å²) in [5, 5.41) is 7.36. The fraction of sp³-hybridized carbons (Fsp3) is 0.136. The first kappa shape index (κ1) is 17.3. The SMILES string of the molecule is O=C1N[C@H](C[P+](c2ccccc2)(c2ccccc2)c2ccccc2)CS1. The first-order chi connectivity index (χ1) is 12.8. The summed E-state index contributed by atoms with van der Waals surface area (Å²) >= 11 is 1.40. The summed E-state index contributed by atoms with van der Waals surface area (Å²) in [5.74, 6) is 0.840. The van der Waals surface area contributed by atoms with Gasteiger partial charge in [0.15, 0.2) is 0 Å². The summed E-state index contributed by atoms with van der Waals surface area (Å²) in [5.41, 5.74) is 0. The van der Waals surface area contributed by atoms with E-state index in [1.54, 1.807) is 0 Å². The molecule has 1 N–H and O–H groups in total. The molecule has 0 saturated carbocycles. The van der Waals surface area contributed by atoms with Crippen LogP contribution in [0.25, 0.3) is 0 Å². The number of thioether (sulfide) groups is 1. The highest BCUT2D eigenvalue weighted by Gasteiger charge is 2.48. The number of carbonyl (C=O) groups is 1. The van der Waals surface area contributed by atoms with Crippen LogP contribution in [0, 0.1) is 0 Å². The predicted octanol–water partition coefficient (Wildman–Crippen LogP) is 3.81. The average molecular weight is 378 g/mol. The third kappa shape index (κ3) is 3.30. The Hall–Kier alpha value is -2.09. The largest absolute Gasteiger partial charge is 0.340 e. The van der Waals surface area contributed by atoms with Crippen LogP contribution in [0.3, 0.4) is 0 Å². The molecule has 1 aliphatic heterocycles. The average Bonchev–Trinajstić information content (AvgIpc) is 3.13. The minimum atomic E-state index is -1.86. The number of nitrogens with one attached hydrogen (secondary N) is 1. The topological polar surface area (TPSA) is 29.1 Å². The molecule has 4 heteroatoms. The van der Waals surface area contributed by atoms with E-state index in [0.717, 1.165) is 11.9 Å². The third-order valence-corrected chi connectivity index (χ3v) is 10.3. The molecular formula is C22H21NOPS+. The highest BCUT2D eigenvalue weighted by Crippen LogP contribution is 2.56. The van der Waals surface area contributed by atoms with E-state index in [4.69, 9.17) is 0 Å². The van der Waals surface area contributed by atoms with Gasteiger partial charge in [-0.2, -0.15) is 0 Å². The second-order valence-electron chi connectivity index (χ2n) is 6.44. The van der Waals surface area contributed by atoms with Gasteiger partial charge in [0.05, 0.1) is 12.2 Å². The lowest BCUT2D eigenvalue weighted by Gasteiger charge is -2.29. The van der Waals surface area contributed by atoms with Gasteiger partial charge in [0.25, 0.3) is 5.24 Å². The van der Waals surface area contributed by atoms with Crippen LogP contribution < -0.4 is 21.2 Å². The van der Waals surface area contributed by atoms with E-state index in [1.807, 2.05) is 0 Å². The second-order valence-corrected chi connectivity index (χ2v) is 11.0. The molecule has 1 fully saturated rings. The Kier molecular flexibility index (Phi) is 5.10. The summed E-state index contributed by atoms with van der Waals surface area (Å²) in [7, 11) is -1.86. The zero-order valence-electron chi connectivity index (χ0n) is 14.4. The van der Waals surface area contributed by atoms with Crippen molar-refractivity contribution in [2.45, 2.75) is 6.04 Å². The molecule has 0 bridgehead atoms. The van der Waals surface area contributed by atoms with Crippen molar-refractivity contribution in [3.05, 3.63) is 91.0 Å². The maximum absolute atomic E-state index is 11.8. The van der Waals surface area contributed by atoms with E-state index in [-0.39, 0.29) is 11.3 Å². The third-order valence-electron chi connectivity index (χ3n) is 4.82. The van der Waals surface area contributed by atoms with E-state index in [2.05, 4.69) is 96.3 Å². The molecule has 26 heavy (non-hydrogen) atoms. The Morgan fingerprint density at radius 2 is 1.19 bits per heavy atom. The van der Waals surface area contributed by atoms with Crippen molar-refractivity contribution in [2.24, 2.45) is 0 Å². The van der Waals surface area contributed by atoms with E-state index < -0.39 is 7.26 Å². The van der Waals surface area contributed by atoms with E-state index in [1.165, 1.54) is 27.7 Å². The fourth-order valence-corrected chi connectivity index (χ4v) is 9.10. The van der Waals surface area contributed by atoms with Crippen LogP contribution in [-0.2, 0) is 0 Å². The van der Waals surface area contributed by atoms with Gasteiger partial charge in [-0.3, -0.25) is 4.79 Å². The lowest BCUT2D eigenvalue weighted by molar-refractivity contribution is 0.260. The molecular weight excluding hydrogens is 357 g/mol. The molecule has 1 amide bonds. The molecule has 0 spiro atoms. The van der Waals surface area contributed by atoms with Gasteiger partial charge in [0.1, 0.15) is 23.2 Å². The molecule has 0 aliphatic carbocycles. The quantitative estimate of drug-likeness (QED) is 0.684. The summed E-state index contributed by atoms with van der Waals surface area (Å²) in [4.78, 5) is 11.8. The monoisotopic (exact) mass is 378 g/mol. The van der Waals surface area contributed by atoms with Gasteiger partial charge in [-0.15, -0.1) is 0 Å². The number of rotatable bonds is 5. The molecule has 4 rings (SSSR count). The van der Waals surface area contributed by atoms with Crippen LogP contribution in [0.1, 0.15) is 0 Å². The van der Waals surface area contributed by atoms with Crippen molar-refractivity contribution in [3.8, 4) is 0 Å². The molecule has 3 aromatic carbocycles. The van der Waals surface area contributed by atoms with Crippen molar-refractivity contribution in [1.29, 1.82) is 0 Å². The maximum Gasteiger partial charge on any atom is 0.279 e. The first-order valence-corrected chi connectivity index (χ1v) is 11.7. The second kappa shape index (κ2) is 7.65. The maximum atomic E-state index is 11.8. The van der Waals surface area contributed by atoms with Gasteiger partial charge < -0.3 is 5.32 Å². The Labute approximate surface area is 159 Å². The molecule has 0 aromatic heterocycles. The smallest absolute Gasteiger partial charge is 0.279 e. The molecule has 3 aromatic rings. The van der Waals surface area contributed by atoms with Crippen molar-refractivity contribution in [2.75, 3.05) is 11.9 Å². The summed E-state index contributed by atoms with van der Waals surface area (Å²) in [6.45, 7) is 0. The number of hydrogen-bond acceptors (Lipinski definition) is 2. The fourth-order valence-electron chi connectivity index (χ4n) is 3.67. The van der Waals surface area contributed by atoms with Gasteiger partial charge >= 0.3 is 0 Å². The van der Waals surface area contributed by atoms with Gasteiger partial charge in [0.2, 0.25) is 0 Å². The van der Waals surface area contributed by atoms with Gasteiger partial charge in [-0.25, -0.2) is 0 Å². The highest BCUT2D eigenvalue weighted by atomic mass is 32.2. The van der Waals surface area contributed by atoms with Crippen molar-refractivity contribution in [3.63, 3.8) is 0 Å². The zero-order chi connectivity index (χ0) is 17.8. The summed E-state index contributed by atoms with van der Waals surface area (Å²) in [6.07, 6.45) is 0.948. The van der Waals surface area contributed by atoms with Gasteiger partial charge in [0, 0.05) is 5.75 Å². The number of carbonyl (C=O) groups excluding carboxylic acids is 1. The molecule has 0 unspecified atom stereocenters. The minimum Gasteiger partial charge on any atom is -0.340 e. The predicted molar refractivity (Wildman–Crippen MR) is 115 cm³/mol. The number of amides is 1. The van der Waals surface area contributed by atoms with Crippen molar-refractivity contribution < 1.29 is 4.79 Å². The summed E-state index contributed by atoms with van der Waals surface area (Å²) < 4.78 is 0. The molecule has 1 aliphatic rings. The van der Waals surface area contributed by atoms with Gasteiger partial charge in [-0.05, 0) is 36.4 Å². The first-order valence-electron chi connectivity index (χ1n) is 8.77.